The van der Waals surface area contributed by atoms with Gasteiger partial charge in [0.25, 0.3) is 0 Å². The molecule has 0 saturated carbocycles. The lowest BCUT2D eigenvalue weighted by Crippen LogP contribution is -2.24. The van der Waals surface area contributed by atoms with Crippen molar-refractivity contribution in [1.29, 1.82) is 0 Å². The topological polar surface area (TPSA) is 51.4 Å². The number of aromatic nitrogens is 2. The van der Waals surface area contributed by atoms with Gasteiger partial charge in [-0.2, -0.15) is 0 Å². The highest BCUT2D eigenvalue weighted by atomic mass is 16.5. The summed E-state index contributed by atoms with van der Waals surface area (Å²) in [4.78, 5) is 2.10. The second kappa shape index (κ2) is 7.94. The van der Waals surface area contributed by atoms with Gasteiger partial charge in [0.1, 0.15) is 12.4 Å². The van der Waals surface area contributed by atoms with Gasteiger partial charge >= 0.3 is 0 Å². The van der Waals surface area contributed by atoms with E-state index < -0.39 is 0 Å². The van der Waals surface area contributed by atoms with Gasteiger partial charge in [-0.3, -0.25) is 4.90 Å². The minimum Gasteiger partial charge on any atom is -0.492 e. The molecule has 2 aromatic carbocycles. The summed E-state index contributed by atoms with van der Waals surface area (Å²) in [7, 11) is 2.01. The summed E-state index contributed by atoms with van der Waals surface area (Å²) in [5, 5.41) is 8.28. The fraction of sp³-hybridized carbons (Fsp3) is 0.300. The van der Waals surface area contributed by atoms with Gasteiger partial charge < -0.3 is 9.15 Å². The molecule has 0 N–H and O–H groups in total. The van der Waals surface area contributed by atoms with Gasteiger partial charge in [-0.15, -0.1) is 10.2 Å². The quantitative estimate of drug-likeness (QED) is 0.655. The first-order valence-electron chi connectivity index (χ1n) is 8.37. The van der Waals surface area contributed by atoms with Crippen molar-refractivity contribution in [2.24, 2.45) is 0 Å². The Balaban J connectivity index is 1.50. The Morgan fingerprint density at radius 2 is 1.76 bits per heavy atom. The van der Waals surface area contributed by atoms with E-state index in [4.69, 9.17) is 9.15 Å². The lowest BCUT2D eigenvalue weighted by atomic mass is 10.1. The predicted octanol–water partition coefficient (Wildman–Crippen LogP) is 3.86. The average molecular weight is 337 g/mol. The highest BCUT2D eigenvalue weighted by Crippen LogP contribution is 2.19. The van der Waals surface area contributed by atoms with Crippen molar-refractivity contribution in [1.82, 2.24) is 15.1 Å². The fourth-order valence-electron chi connectivity index (χ4n) is 2.55. The summed E-state index contributed by atoms with van der Waals surface area (Å²) in [5.74, 6) is 2.06. The Bertz CT molecular complexity index is 829. The van der Waals surface area contributed by atoms with E-state index in [0.717, 1.165) is 17.9 Å². The second-order valence-corrected chi connectivity index (χ2v) is 6.27. The fourth-order valence-corrected chi connectivity index (χ4v) is 2.55. The average Bonchev–Trinajstić information content (AvgIpc) is 3.03. The third kappa shape index (κ3) is 4.90. The Hall–Kier alpha value is -2.66. The van der Waals surface area contributed by atoms with E-state index in [1.54, 1.807) is 0 Å². The van der Waals surface area contributed by atoms with Gasteiger partial charge in [0.05, 0.1) is 6.54 Å². The Kier molecular flexibility index (Phi) is 5.46. The number of ether oxygens (including phenoxy) is 1. The molecule has 0 atom stereocenters. The van der Waals surface area contributed by atoms with Gasteiger partial charge in [0, 0.05) is 12.1 Å². The molecule has 0 aliphatic rings. The number of benzene rings is 2. The van der Waals surface area contributed by atoms with Crippen LogP contribution in [0.25, 0.3) is 11.5 Å². The van der Waals surface area contributed by atoms with Crippen molar-refractivity contribution in [3.8, 4) is 17.2 Å². The van der Waals surface area contributed by atoms with E-state index in [-0.39, 0.29) is 0 Å². The van der Waals surface area contributed by atoms with Crippen LogP contribution in [-0.2, 0) is 6.54 Å². The van der Waals surface area contributed by atoms with E-state index in [2.05, 4.69) is 28.1 Å². The van der Waals surface area contributed by atoms with Crippen molar-refractivity contribution in [3.63, 3.8) is 0 Å². The van der Waals surface area contributed by atoms with Gasteiger partial charge in [0.2, 0.25) is 11.8 Å². The third-order valence-corrected chi connectivity index (χ3v) is 3.87. The molecule has 3 rings (SSSR count). The second-order valence-electron chi connectivity index (χ2n) is 6.27. The van der Waals surface area contributed by atoms with E-state index in [0.29, 0.717) is 24.9 Å². The molecule has 0 fully saturated rings. The largest absolute Gasteiger partial charge is 0.492 e. The maximum absolute atomic E-state index is 5.77. The number of likely N-dealkylation sites (N-methyl/N-ethyl adjacent to an activating group) is 1. The van der Waals surface area contributed by atoms with E-state index in [1.807, 2.05) is 56.4 Å². The molecule has 0 saturated heterocycles. The molecule has 0 aliphatic heterocycles. The summed E-state index contributed by atoms with van der Waals surface area (Å²) >= 11 is 0. The van der Waals surface area contributed by atoms with Crippen LogP contribution in [0.1, 0.15) is 17.0 Å². The van der Waals surface area contributed by atoms with Crippen LogP contribution in [0.5, 0.6) is 5.75 Å². The maximum atomic E-state index is 5.77. The number of rotatable bonds is 7. The molecule has 0 bridgehead atoms. The Morgan fingerprint density at radius 1 is 1.00 bits per heavy atom. The molecule has 3 aromatic rings. The van der Waals surface area contributed by atoms with Crippen molar-refractivity contribution >= 4 is 0 Å². The highest BCUT2D eigenvalue weighted by molar-refractivity contribution is 5.53. The molecule has 0 unspecified atom stereocenters. The number of hydrogen-bond acceptors (Lipinski definition) is 5. The molecule has 0 aliphatic carbocycles. The van der Waals surface area contributed by atoms with Crippen LogP contribution in [0.4, 0.5) is 0 Å². The van der Waals surface area contributed by atoms with Crippen LogP contribution in [-0.4, -0.2) is 35.3 Å². The monoisotopic (exact) mass is 337 g/mol. The SMILES string of the molecule is Cc1cccc(OCCN(C)Cc2nnc(-c3cccc(C)c3)o2)c1. The van der Waals surface area contributed by atoms with E-state index in [1.165, 1.54) is 11.1 Å². The molecule has 130 valence electrons. The number of nitrogens with zero attached hydrogens (tertiary/aromatic N) is 3. The number of hydrogen-bond donors (Lipinski definition) is 0. The molecule has 0 spiro atoms. The van der Waals surface area contributed by atoms with Crippen molar-refractivity contribution in [2.75, 3.05) is 20.2 Å². The number of aryl methyl sites for hydroxylation is 2. The molecule has 1 heterocycles. The summed E-state index contributed by atoms with van der Waals surface area (Å²) in [6, 6.07) is 16.1. The smallest absolute Gasteiger partial charge is 0.247 e. The third-order valence-electron chi connectivity index (χ3n) is 3.87. The Labute approximate surface area is 148 Å². The molecule has 0 amide bonds. The standard InChI is InChI=1S/C20H23N3O2/c1-15-6-4-8-17(12-15)20-22-21-19(25-20)14-23(3)10-11-24-18-9-5-7-16(2)13-18/h4-9,12-13H,10-11,14H2,1-3H3. The zero-order valence-corrected chi connectivity index (χ0v) is 14.9. The zero-order valence-electron chi connectivity index (χ0n) is 14.9. The van der Waals surface area contributed by atoms with E-state index >= 15 is 0 Å². The van der Waals surface area contributed by atoms with Gasteiger partial charge in [-0.25, -0.2) is 0 Å². The van der Waals surface area contributed by atoms with Gasteiger partial charge in [-0.1, -0.05) is 29.8 Å². The van der Waals surface area contributed by atoms with E-state index in [9.17, 15) is 0 Å². The Morgan fingerprint density at radius 3 is 2.52 bits per heavy atom. The first kappa shape index (κ1) is 17.2. The lowest BCUT2D eigenvalue weighted by molar-refractivity contribution is 0.220. The molecular formula is C20H23N3O2. The normalized spacial score (nSPS) is 11.0. The van der Waals surface area contributed by atoms with Gasteiger partial charge in [-0.05, 0) is 50.7 Å². The molecule has 0 radical (unpaired) electrons. The van der Waals surface area contributed by atoms with Crippen LogP contribution in [0.3, 0.4) is 0 Å². The molecular weight excluding hydrogens is 314 g/mol. The minimum absolute atomic E-state index is 0.558. The molecule has 25 heavy (non-hydrogen) atoms. The van der Waals surface area contributed by atoms with Crippen LogP contribution in [0.2, 0.25) is 0 Å². The van der Waals surface area contributed by atoms with Gasteiger partial charge in [0.15, 0.2) is 0 Å². The zero-order chi connectivity index (χ0) is 17.6. The molecule has 1 aromatic heterocycles. The summed E-state index contributed by atoms with van der Waals surface area (Å²) in [6.45, 7) is 6.08. The minimum atomic E-state index is 0.558. The predicted molar refractivity (Wildman–Crippen MR) is 97.5 cm³/mol. The highest BCUT2D eigenvalue weighted by Gasteiger charge is 2.11. The lowest BCUT2D eigenvalue weighted by Gasteiger charge is -2.14. The van der Waals surface area contributed by atoms with Crippen molar-refractivity contribution in [3.05, 3.63) is 65.5 Å². The van der Waals surface area contributed by atoms with Crippen LogP contribution >= 0.6 is 0 Å². The summed E-state index contributed by atoms with van der Waals surface area (Å²) in [5.41, 5.74) is 3.31. The van der Waals surface area contributed by atoms with Crippen molar-refractivity contribution in [2.45, 2.75) is 20.4 Å². The van der Waals surface area contributed by atoms with Crippen LogP contribution in [0.15, 0.2) is 52.9 Å². The first-order valence-corrected chi connectivity index (χ1v) is 8.37. The maximum Gasteiger partial charge on any atom is 0.247 e. The summed E-state index contributed by atoms with van der Waals surface area (Å²) < 4.78 is 11.5. The van der Waals surface area contributed by atoms with Crippen LogP contribution in [0, 0.1) is 13.8 Å². The summed E-state index contributed by atoms with van der Waals surface area (Å²) in [6.07, 6.45) is 0. The first-order chi connectivity index (χ1) is 12.1. The van der Waals surface area contributed by atoms with Crippen LogP contribution < -0.4 is 4.74 Å². The van der Waals surface area contributed by atoms with Crippen molar-refractivity contribution < 1.29 is 9.15 Å². The molecule has 5 heteroatoms. The molecule has 5 nitrogen and oxygen atoms in total.